The number of ether oxygens (including phenoxy) is 3. The van der Waals surface area contributed by atoms with E-state index in [4.69, 9.17) is 25.8 Å². The maximum atomic E-state index is 13.8. The molecule has 2 atom stereocenters. The normalized spacial score (nSPS) is 22.0. The van der Waals surface area contributed by atoms with Crippen LogP contribution in [-0.4, -0.2) is 32.1 Å². The van der Waals surface area contributed by atoms with E-state index in [2.05, 4.69) is 5.32 Å². The van der Waals surface area contributed by atoms with Gasteiger partial charge in [-0.3, -0.25) is 4.79 Å². The van der Waals surface area contributed by atoms with Crippen molar-refractivity contribution in [1.82, 2.24) is 5.32 Å². The number of carbonyl (C=O) groups is 2. The van der Waals surface area contributed by atoms with Gasteiger partial charge in [-0.2, -0.15) is 0 Å². The van der Waals surface area contributed by atoms with Gasteiger partial charge in [0.05, 0.1) is 19.8 Å². The van der Waals surface area contributed by atoms with E-state index in [9.17, 15) is 9.59 Å². The van der Waals surface area contributed by atoms with E-state index in [1.54, 1.807) is 20.3 Å². The summed E-state index contributed by atoms with van der Waals surface area (Å²) in [6.45, 7) is 1.88. The third kappa shape index (κ3) is 4.87. The number of carbonyl (C=O) groups excluding carboxylic acids is 2. The van der Waals surface area contributed by atoms with E-state index in [1.165, 1.54) is 0 Å². The molecule has 37 heavy (non-hydrogen) atoms. The standard InChI is InChI=1S/C30H32ClNO5/c1-17-27(30(34)37-20-8-4-5-9-20)28(21-10-6-7-11-22(21)31)29-23(32-17)14-19(15-24(29)33)18-12-13-25(35-2)26(16-18)36-3/h6-7,10-13,16,19-20,28,32H,4-5,8-9,14-15H2,1-3H3. The summed E-state index contributed by atoms with van der Waals surface area (Å²) in [4.78, 5) is 27.4. The highest BCUT2D eigenvalue weighted by atomic mass is 35.5. The maximum absolute atomic E-state index is 13.8. The Hall–Kier alpha value is -3.25. The Morgan fingerprint density at radius 3 is 2.43 bits per heavy atom. The van der Waals surface area contributed by atoms with Crippen LogP contribution >= 0.6 is 11.6 Å². The molecule has 194 valence electrons. The summed E-state index contributed by atoms with van der Waals surface area (Å²) in [5.74, 6) is 0.293. The fourth-order valence-corrected chi connectivity index (χ4v) is 6.14. The van der Waals surface area contributed by atoms with Gasteiger partial charge in [-0.1, -0.05) is 35.9 Å². The Bertz CT molecular complexity index is 1290. The van der Waals surface area contributed by atoms with Gasteiger partial charge in [0.2, 0.25) is 0 Å². The topological polar surface area (TPSA) is 73.9 Å². The summed E-state index contributed by atoms with van der Waals surface area (Å²) in [6.07, 6.45) is 4.75. The summed E-state index contributed by atoms with van der Waals surface area (Å²) in [6, 6.07) is 13.2. The van der Waals surface area contributed by atoms with Crippen molar-refractivity contribution < 1.29 is 23.8 Å². The van der Waals surface area contributed by atoms with Crippen molar-refractivity contribution in [3.8, 4) is 11.5 Å². The lowest BCUT2D eigenvalue weighted by Crippen LogP contribution is -2.36. The van der Waals surface area contributed by atoms with Gasteiger partial charge in [0.15, 0.2) is 17.3 Å². The number of hydrogen-bond donors (Lipinski definition) is 1. The number of nitrogens with one attached hydrogen (secondary N) is 1. The van der Waals surface area contributed by atoms with Crippen molar-refractivity contribution in [2.75, 3.05) is 14.2 Å². The second-order valence-corrected chi connectivity index (χ2v) is 10.4. The van der Waals surface area contributed by atoms with Crippen molar-refractivity contribution in [3.63, 3.8) is 0 Å². The van der Waals surface area contributed by atoms with Crippen molar-refractivity contribution >= 4 is 23.4 Å². The molecule has 0 amide bonds. The Kier molecular flexibility index (Phi) is 7.29. The third-order valence-electron chi connectivity index (χ3n) is 7.72. The van der Waals surface area contributed by atoms with Gasteiger partial charge < -0.3 is 19.5 Å². The van der Waals surface area contributed by atoms with E-state index in [1.807, 2.05) is 43.3 Å². The first-order valence-electron chi connectivity index (χ1n) is 12.8. The highest BCUT2D eigenvalue weighted by Crippen LogP contribution is 2.48. The van der Waals surface area contributed by atoms with Crippen LogP contribution < -0.4 is 14.8 Å². The molecule has 5 rings (SSSR count). The zero-order chi connectivity index (χ0) is 26.1. The average Bonchev–Trinajstić information content (AvgIpc) is 3.40. The smallest absolute Gasteiger partial charge is 0.337 e. The van der Waals surface area contributed by atoms with Crippen molar-refractivity contribution in [2.24, 2.45) is 0 Å². The number of hydrogen-bond acceptors (Lipinski definition) is 6. The number of ketones is 1. The molecule has 1 N–H and O–H groups in total. The van der Waals surface area contributed by atoms with Crippen LogP contribution in [0.4, 0.5) is 0 Å². The van der Waals surface area contributed by atoms with Crippen LogP contribution in [0.2, 0.25) is 5.02 Å². The molecule has 3 aliphatic rings. The highest BCUT2D eigenvalue weighted by Gasteiger charge is 2.42. The third-order valence-corrected chi connectivity index (χ3v) is 8.06. The monoisotopic (exact) mass is 521 g/mol. The summed E-state index contributed by atoms with van der Waals surface area (Å²) in [7, 11) is 3.20. The minimum Gasteiger partial charge on any atom is -0.493 e. The molecule has 0 aromatic heterocycles. The Balaban J connectivity index is 1.54. The summed E-state index contributed by atoms with van der Waals surface area (Å²) >= 11 is 6.66. The summed E-state index contributed by atoms with van der Waals surface area (Å²) < 4.78 is 16.8. The molecule has 2 aromatic carbocycles. The highest BCUT2D eigenvalue weighted by molar-refractivity contribution is 6.31. The molecule has 0 bridgehead atoms. The number of benzene rings is 2. The predicted octanol–water partition coefficient (Wildman–Crippen LogP) is 6.20. The minimum absolute atomic E-state index is 0.00267. The first kappa shape index (κ1) is 25.4. The molecule has 2 aromatic rings. The number of rotatable bonds is 6. The zero-order valence-electron chi connectivity index (χ0n) is 21.4. The molecule has 6 nitrogen and oxygen atoms in total. The zero-order valence-corrected chi connectivity index (χ0v) is 22.2. The molecule has 1 heterocycles. The van der Waals surface area contributed by atoms with Crippen LogP contribution in [0.25, 0.3) is 0 Å². The molecule has 2 aliphatic carbocycles. The van der Waals surface area contributed by atoms with E-state index in [0.717, 1.165) is 42.5 Å². The predicted molar refractivity (Wildman–Crippen MR) is 142 cm³/mol. The Labute approximate surface area is 222 Å². The lowest BCUT2D eigenvalue weighted by molar-refractivity contribution is -0.144. The molecular formula is C30H32ClNO5. The Morgan fingerprint density at radius 2 is 1.73 bits per heavy atom. The van der Waals surface area contributed by atoms with Gasteiger partial charge in [-0.25, -0.2) is 4.79 Å². The SMILES string of the molecule is COc1ccc(C2CC(=O)C3=C(C2)NC(C)=C(C(=O)OC2CCCC2)C3c2ccccc2Cl)cc1OC. The average molecular weight is 522 g/mol. The van der Waals surface area contributed by atoms with E-state index in [0.29, 0.717) is 46.2 Å². The molecule has 1 aliphatic heterocycles. The number of esters is 1. The first-order valence-corrected chi connectivity index (χ1v) is 13.2. The van der Waals surface area contributed by atoms with Crippen LogP contribution in [0.15, 0.2) is 65.0 Å². The Morgan fingerprint density at radius 1 is 1.00 bits per heavy atom. The maximum Gasteiger partial charge on any atom is 0.337 e. The molecular weight excluding hydrogens is 490 g/mol. The van der Waals surface area contributed by atoms with Gasteiger partial charge in [0.1, 0.15) is 6.10 Å². The van der Waals surface area contributed by atoms with Crippen LogP contribution in [-0.2, 0) is 14.3 Å². The largest absolute Gasteiger partial charge is 0.493 e. The second kappa shape index (κ2) is 10.6. The molecule has 0 saturated heterocycles. The van der Waals surface area contributed by atoms with Gasteiger partial charge in [-0.05, 0) is 74.3 Å². The van der Waals surface area contributed by atoms with Crippen LogP contribution in [0.3, 0.4) is 0 Å². The molecule has 1 fully saturated rings. The molecule has 0 radical (unpaired) electrons. The molecule has 2 unspecified atom stereocenters. The number of dihydropyridines is 1. The fourth-order valence-electron chi connectivity index (χ4n) is 5.89. The number of Topliss-reactive ketones (excluding diaryl/α,β-unsaturated/α-hetero) is 1. The summed E-state index contributed by atoms with van der Waals surface area (Å²) in [5.41, 5.74) is 4.35. The van der Waals surface area contributed by atoms with Gasteiger partial charge >= 0.3 is 5.97 Å². The van der Waals surface area contributed by atoms with Crippen LogP contribution in [0.5, 0.6) is 11.5 Å². The van der Waals surface area contributed by atoms with Crippen molar-refractivity contribution in [1.29, 1.82) is 0 Å². The molecule has 7 heteroatoms. The molecule has 1 saturated carbocycles. The fraction of sp³-hybridized carbons (Fsp3) is 0.400. The van der Waals surface area contributed by atoms with Crippen LogP contribution in [0.1, 0.15) is 68.4 Å². The van der Waals surface area contributed by atoms with Gasteiger partial charge in [-0.15, -0.1) is 0 Å². The lowest BCUT2D eigenvalue weighted by Gasteiger charge is -2.37. The summed E-state index contributed by atoms with van der Waals surface area (Å²) in [5, 5.41) is 3.94. The lowest BCUT2D eigenvalue weighted by atomic mass is 9.71. The van der Waals surface area contributed by atoms with Gasteiger partial charge in [0, 0.05) is 34.3 Å². The van der Waals surface area contributed by atoms with E-state index in [-0.39, 0.29) is 23.8 Å². The van der Waals surface area contributed by atoms with E-state index < -0.39 is 5.92 Å². The minimum atomic E-state index is -0.572. The molecule has 0 spiro atoms. The number of halogens is 1. The van der Waals surface area contributed by atoms with Crippen molar-refractivity contribution in [2.45, 2.75) is 63.4 Å². The van der Waals surface area contributed by atoms with Crippen LogP contribution in [0, 0.1) is 0 Å². The number of methoxy groups -OCH3 is 2. The number of allylic oxidation sites excluding steroid dienone is 3. The quantitative estimate of drug-likeness (QED) is 0.456. The van der Waals surface area contributed by atoms with Gasteiger partial charge in [0.25, 0.3) is 0 Å². The first-order chi connectivity index (χ1) is 17.9. The second-order valence-electron chi connectivity index (χ2n) is 9.96. The van der Waals surface area contributed by atoms with E-state index >= 15 is 0 Å². The van der Waals surface area contributed by atoms with Crippen molar-refractivity contribution in [3.05, 3.63) is 81.2 Å².